The summed E-state index contributed by atoms with van der Waals surface area (Å²) in [4.78, 5) is 27.1. The first kappa shape index (κ1) is 15.9. The molecule has 3 rings (SSSR count). The predicted octanol–water partition coefficient (Wildman–Crippen LogP) is 1.67. The summed E-state index contributed by atoms with van der Waals surface area (Å²) in [6.45, 7) is 1.85. The van der Waals surface area contributed by atoms with Crippen molar-refractivity contribution in [3.8, 4) is 11.3 Å². The van der Waals surface area contributed by atoms with Crippen LogP contribution in [0.4, 0.5) is 4.79 Å². The Morgan fingerprint density at radius 1 is 1.33 bits per heavy atom. The number of rotatable bonds is 5. The third-order valence-corrected chi connectivity index (χ3v) is 3.87. The van der Waals surface area contributed by atoms with Crippen LogP contribution in [0.15, 0.2) is 42.6 Å². The fourth-order valence-corrected chi connectivity index (χ4v) is 2.46. The molecule has 1 fully saturated rings. The molecule has 1 saturated heterocycles. The second-order valence-corrected chi connectivity index (χ2v) is 5.52. The van der Waals surface area contributed by atoms with E-state index in [1.807, 2.05) is 30.3 Å². The lowest BCUT2D eigenvalue weighted by Crippen LogP contribution is -2.36. The van der Waals surface area contributed by atoms with Crippen molar-refractivity contribution in [2.24, 2.45) is 0 Å². The van der Waals surface area contributed by atoms with Crippen molar-refractivity contribution in [2.75, 3.05) is 33.3 Å². The van der Waals surface area contributed by atoms with Gasteiger partial charge in [0.25, 0.3) is 5.91 Å². The molecule has 0 atom stereocenters. The van der Waals surface area contributed by atoms with Crippen LogP contribution in [0.3, 0.4) is 0 Å². The van der Waals surface area contributed by atoms with Gasteiger partial charge in [-0.3, -0.25) is 4.79 Å². The minimum atomic E-state index is -0.326. The van der Waals surface area contributed by atoms with E-state index in [2.05, 4.69) is 10.2 Å². The highest BCUT2D eigenvalue weighted by Crippen LogP contribution is 2.17. The Kier molecular flexibility index (Phi) is 4.69. The number of carbonyl (C=O) groups excluding carboxylic acids is 2. The molecule has 124 valence electrons. The molecule has 2 aromatic rings. The van der Waals surface area contributed by atoms with Crippen molar-refractivity contribution >= 4 is 12.0 Å². The molecule has 24 heavy (non-hydrogen) atoms. The van der Waals surface area contributed by atoms with E-state index in [0.717, 1.165) is 5.56 Å². The van der Waals surface area contributed by atoms with Crippen molar-refractivity contribution in [2.45, 2.75) is 0 Å². The molecular weight excluding hydrogens is 308 g/mol. The number of nitrogens with zero attached hydrogens (tertiary/aromatic N) is 4. The zero-order valence-electron chi connectivity index (χ0n) is 13.4. The van der Waals surface area contributed by atoms with Gasteiger partial charge < -0.3 is 14.5 Å². The first-order chi connectivity index (χ1) is 11.6. The van der Waals surface area contributed by atoms with Gasteiger partial charge in [0.2, 0.25) is 0 Å². The van der Waals surface area contributed by atoms with E-state index in [0.29, 0.717) is 37.5 Å². The average Bonchev–Trinajstić information content (AvgIpc) is 3.05. The standard InChI is InChI=1S/C17H18N4O3/c1-20(7-8-21-9-10-24-17(21)23)16(22)14-11-15(19-18-12-14)13-5-3-2-4-6-13/h2-6,11-12H,7-10H2,1H3. The summed E-state index contributed by atoms with van der Waals surface area (Å²) in [6, 6.07) is 11.3. The number of cyclic esters (lactones) is 1. The minimum Gasteiger partial charge on any atom is -0.448 e. The summed E-state index contributed by atoms with van der Waals surface area (Å²) in [7, 11) is 1.70. The van der Waals surface area contributed by atoms with Gasteiger partial charge in [-0.15, -0.1) is 0 Å². The van der Waals surface area contributed by atoms with Crippen LogP contribution in [0.25, 0.3) is 11.3 Å². The van der Waals surface area contributed by atoms with Gasteiger partial charge in [0.05, 0.1) is 24.0 Å². The first-order valence-electron chi connectivity index (χ1n) is 7.70. The van der Waals surface area contributed by atoms with Crippen LogP contribution in [0.5, 0.6) is 0 Å². The molecule has 1 aliphatic heterocycles. The summed E-state index contributed by atoms with van der Waals surface area (Å²) < 4.78 is 4.87. The number of ether oxygens (including phenoxy) is 1. The predicted molar refractivity (Wildman–Crippen MR) is 87.3 cm³/mol. The van der Waals surface area contributed by atoms with Crippen LogP contribution >= 0.6 is 0 Å². The van der Waals surface area contributed by atoms with Crippen LogP contribution < -0.4 is 0 Å². The summed E-state index contributed by atoms with van der Waals surface area (Å²) in [6.07, 6.45) is 1.13. The van der Waals surface area contributed by atoms with Gasteiger partial charge in [0.15, 0.2) is 0 Å². The van der Waals surface area contributed by atoms with E-state index in [-0.39, 0.29) is 12.0 Å². The molecule has 1 aliphatic rings. The first-order valence-corrected chi connectivity index (χ1v) is 7.70. The van der Waals surface area contributed by atoms with Gasteiger partial charge in [-0.25, -0.2) is 4.79 Å². The summed E-state index contributed by atoms with van der Waals surface area (Å²) in [5, 5.41) is 8.01. The second kappa shape index (κ2) is 7.08. The Labute approximate surface area is 139 Å². The van der Waals surface area contributed by atoms with Crippen molar-refractivity contribution < 1.29 is 14.3 Å². The second-order valence-electron chi connectivity index (χ2n) is 5.52. The lowest BCUT2D eigenvalue weighted by molar-refractivity contribution is 0.0782. The molecule has 1 aromatic carbocycles. The summed E-state index contributed by atoms with van der Waals surface area (Å²) in [5.41, 5.74) is 2.02. The Morgan fingerprint density at radius 2 is 2.12 bits per heavy atom. The van der Waals surface area contributed by atoms with E-state index in [9.17, 15) is 9.59 Å². The largest absolute Gasteiger partial charge is 0.448 e. The van der Waals surface area contributed by atoms with Crippen LogP contribution in [0, 0.1) is 0 Å². The van der Waals surface area contributed by atoms with Gasteiger partial charge in [0, 0.05) is 25.7 Å². The number of hydrogen-bond acceptors (Lipinski definition) is 5. The van der Waals surface area contributed by atoms with Gasteiger partial charge in [-0.05, 0) is 6.07 Å². The van der Waals surface area contributed by atoms with E-state index in [4.69, 9.17) is 4.74 Å². The summed E-state index contributed by atoms with van der Waals surface area (Å²) >= 11 is 0. The molecule has 0 spiro atoms. The molecule has 7 nitrogen and oxygen atoms in total. The zero-order valence-corrected chi connectivity index (χ0v) is 13.4. The van der Waals surface area contributed by atoms with Crippen molar-refractivity contribution in [1.29, 1.82) is 0 Å². The monoisotopic (exact) mass is 326 g/mol. The Morgan fingerprint density at radius 3 is 2.83 bits per heavy atom. The van der Waals surface area contributed by atoms with E-state index in [1.54, 1.807) is 22.9 Å². The van der Waals surface area contributed by atoms with Crippen molar-refractivity contribution in [3.05, 3.63) is 48.2 Å². The number of amides is 2. The van der Waals surface area contributed by atoms with Crippen molar-refractivity contribution in [1.82, 2.24) is 20.0 Å². The quantitative estimate of drug-likeness (QED) is 0.835. The van der Waals surface area contributed by atoms with Gasteiger partial charge >= 0.3 is 6.09 Å². The molecule has 1 aromatic heterocycles. The minimum absolute atomic E-state index is 0.158. The maximum Gasteiger partial charge on any atom is 0.409 e. The Hall–Kier alpha value is -2.96. The summed E-state index contributed by atoms with van der Waals surface area (Å²) in [5.74, 6) is -0.158. The molecule has 0 unspecified atom stereocenters. The molecule has 7 heteroatoms. The third kappa shape index (κ3) is 3.51. The fourth-order valence-electron chi connectivity index (χ4n) is 2.46. The van der Waals surface area contributed by atoms with Crippen molar-refractivity contribution in [3.63, 3.8) is 0 Å². The van der Waals surface area contributed by atoms with E-state index >= 15 is 0 Å². The fraction of sp³-hybridized carbons (Fsp3) is 0.294. The molecule has 0 radical (unpaired) electrons. The number of carbonyl (C=O) groups is 2. The van der Waals surface area contributed by atoms with Gasteiger partial charge in [-0.1, -0.05) is 30.3 Å². The van der Waals surface area contributed by atoms with Crippen LogP contribution in [0.1, 0.15) is 10.4 Å². The Balaban J connectivity index is 1.67. The molecular formula is C17H18N4O3. The lowest BCUT2D eigenvalue weighted by Gasteiger charge is -2.20. The maximum atomic E-state index is 12.5. The molecule has 2 amide bonds. The van der Waals surface area contributed by atoms with E-state index in [1.165, 1.54) is 6.20 Å². The normalized spacial score (nSPS) is 13.7. The maximum absolute atomic E-state index is 12.5. The van der Waals surface area contributed by atoms with Crippen LogP contribution in [-0.2, 0) is 4.74 Å². The molecule has 2 heterocycles. The number of likely N-dealkylation sites (N-methyl/N-ethyl adjacent to an activating group) is 1. The number of hydrogen-bond donors (Lipinski definition) is 0. The molecule has 0 N–H and O–H groups in total. The number of benzene rings is 1. The lowest BCUT2D eigenvalue weighted by atomic mass is 10.1. The number of aromatic nitrogens is 2. The molecule has 0 saturated carbocycles. The SMILES string of the molecule is CN(CCN1CCOC1=O)C(=O)c1cnnc(-c2ccccc2)c1. The topological polar surface area (TPSA) is 75.6 Å². The zero-order chi connectivity index (χ0) is 16.9. The van der Waals surface area contributed by atoms with Gasteiger partial charge in [0.1, 0.15) is 6.61 Å². The average molecular weight is 326 g/mol. The highest BCUT2D eigenvalue weighted by Gasteiger charge is 2.22. The highest BCUT2D eigenvalue weighted by atomic mass is 16.6. The molecule has 0 aliphatic carbocycles. The van der Waals surface area contributed by atoms with Gasteiger partial charge in [-0.2, -0.15) is 10.2 Å². The smallest absolute Gasteiger partial charge is 0.409 e. The molecule has 0 bridgehead atoms. The highest BCUT2D eigenvalue weighted by molar-refractivity contribution is 5.94. The third-order valence-electron chi connectivity index (χ3n) is 3.87. The van der Waals surface area contributed by atoms with E-state index < -0.39 is 0 Å². The van der Waals surface area contributed by atoms with Crippen LogP contribution in [-0.4, -0.2) is 65.3 Å². The van der Waals surface area contributed by atoms with Crippen LogP contribution in [0.2, 0.25) is 0 Å². The Bertz CT molecular complexity index is 736.